The largest absolute Gasteiger partial charge is 0.336 e. The van der Waals surface area contributed by atoms with E-state index >= 15 is 0 Å². The number of carbonyl (C=O) groups excluding carboxylic acids is 2. The lowest BCUT2D eigenvalue weighted by Gasteiger charge is -2.16. The smallest absolute Gasteiger partial charge is 0.243 e. The van der Waals surface area contributed by atoms with Crippen LogP contribution in [0.25, 0.3) is 0 Å². The molecule has 2 amide bonds. The van der Waals surface area contributed by atoms with Gasteiger partial charge >= 0.3 is 0 Å². The molecule has 5 heteroatoms. The standard InChI is InChI=1S/C20H24N2O2S/c1-15-4-8-17(9-5-15)13-25-14-20(24)22(3)12-19(23)21-18-10-6-16(2)7-11-18/h4-11H,12-14H2,1-3H3,(H,21,23). The summed E-state index contributed by atoms with van der Waals surface area (Å²) < 4.78 is 0. The Morgan fingerprint density at radius 2 is 1.52 bits per heavy atom. The topological polar surface area (TPSA) is 49.4 Å². The zero-order valence-corrected chi connectivity index (χ0v) is 15.7. The van der Waals surface area contributed by atoms with Crippen LogP contribution in [0.3, 0.4) is 0 Å². The Bertz CT molecular complexity index is 711. The number of rotatable bonds is 7. The van der Waals surface area contributed by atoms with Gasteiger partial charge in [0.1, 0.15) is 0 Å². The van der Waals surface area contributed by atoms with Gasteiger partial charge < -0.3 is 10.2 Å². The van der Waals surface area contributed by atoms with E-state index in [1.165, 1.54) is 16.0 Å². The van der Waals surface area contributed by atoms with Gasteiger partial charge in [-0.2, -0.15) is 0 Å². The number of nitrogens with one attached hydrogen (secondary N) is 1. The van der Waals surface area contributed by atoms with Crippen LogP contribution in [-0.2, 0) is 15.3 Å². The van der Waals surface area contributed by atoms with E-state index in [1.54, 1.807) is 18.8 Å². The fraction of sp³-hybridized carbons (Fsp3) is 0.300. The number of anilines is 1. The molecule has 0 saturated heterocycles. The molecule has 0 heterocycles. The number of nitrogens with zero attached hydrogens (tertiary/aromatic N) is 1. The van der Waals surface area contributed by atoms with Crippen molar-refractivity contribution in [1.82, 2.24) is 4.90 Å². The van der Waals surface area contributed by atoms with Crippen molar-refractivity contribution in [2.24, 2.45) is 0 Å². The van der Waals surface area contributed by atoms with E-state index < -0.39 is 0 Å². The second-order valence-electron chi connectivity index (χ2n) is 6.14. The molecule has 132 valence electrons. The Labute approximate surface area is 153 Å². The summed E-state index contributed by atoms with van der Waals surface area (Å²) in [5.41, 5.74) is 4.30. The lowest BCUT2D eigenvalue weighted by molar-refractivity contribution is -0.131. The maximum absolute atomic E-state index is 12.1. The SMILES string of the molecule is Cc1ccc(CSCC(=O)N(C)CC(=O)Nc2ccc(C)cc2)cc1. The summed E-state index contributed by atoms with van der Waals surface area (Å²) >= 11 is 1.56. The normalized spacial score (nSPS) is 10.4. The van der Waals surface area contributed by atoms with Crippen molar-refractivity contribution in [3.8, 4) is 0 Å². The zero-order chi connectivity index (χ0) is 18.2. The number of benzene rings is 2. The number of amides is 2. The van der Waals surface area contributed by atoms with Crippen LogP contribution in [0.1, 0.15) is 16.7 Å². The van der Waals surface area contributed by atoms with Crippen LogP contribution >= 0.6 is 11.8 Å². The molecule has 0 fully saturated rings. The van der Waals surface area contributed by atoms with Gasteiger partial charge in [0.15, 0.2) is 0 Å². The number of thioether (sulfide) groups is 1. The zero-order valence-electron chi connectivity index (χ0n) is 14.9. The third-order valence-electron chi connectivity index (χ3n) is 3.76. The Morgan fingerprint density at radius 1 is 0.960 bits per heavy atom. The Kier molecular flexibility index (Phi) is 7.07. The monoisotopic (exact) mass is 356 g/mol. The molecule has 0 atom stereocenters. The maximum atomic E-state index is 12.1. The molecule has 0 spiro atoms. The highest BCUT2D eigenvalue weighted by Crippen LogP contribution is 2.13. The van der Waals surface area contributed by atoms with Crippen LogP contribution in [0.4, 0.5) is 5.69 Å². The fourth-order valence-electron chi connectivity index (χ4n) is 2.19. The second-order valence-corrected chi connectivity index (χ2v) is 7.13. The Morgan fingerprint density at radius 3 is 2.12 bits per heavy atom. The quantitative estimate of drug-likeness (QED) is 0.824. The lowest BCUT2D eigenvalue weighted by atomic mass is 10.2. The minimum absolute atomic E-state index is 0.0452. The molecule has 0 bridgehead atoms. The summed E-state index contributed by atoms with van der Waals surface area (Å²) in [5, 5.41) is 2.80. The van der Waals surface area contributed by atoms with Gasteiger partial charge in [0.05, 0.1) is 12.3 Å². The molecule has 0 unspecified atom stereocenters. The van der Waals surface area contributed by atoms with Gasteiger partial charge in [-0.3, -0.25) is 9.59 Å². The summed E-state index contributed by atoms with van der Waals surface area (Å²) in [5.74, 6) is 0.914. The van der Waals surface area contributed by atoms with Crippen molar-refractivity contribution in [2.45, 2.75) is 19.6 Å². The summed E-state index contributed by atoms with van der Waals surface area (Å²) in [7, 11) is 1.66. The predicted molar refractivity (Wildman–Crippen MR) is 105 cm³/mol. The summed E-state index contributed by atoms with van der Waals surface area (Å²) in [6.45, 7) is 4.10. The average Bonchev–Trinajstić information content (AvgIpc) is 2.58. The average molecular weight is 356 g/mol. The molecular weight excluding hydrogens is 332 g/mol. The second kappa shape index (κ2) is 9.28. The Balaban J connectivity index is 1.72. The van der Waals surface area contributed by atoms with Gasteiger partial charge in [-0.05, 0) is 31.5 Å². The van der Waals surface area contributed by atoms with Crippen LogP contribution in [-0.4, -0.2) is 36.1 Å². The molecule has 2 aromatic rings. The highest BCUT2D eigenvalue weighted by Gasteiger charge is 2.13. The molecule has 1 N–H and O–H groups in total. The molecule has 2 rings (SSSR count). The van der Waals surface area contributed by atoms with E-state index in [9.17, 15) is 9.59 Å². The molecule has 0 aliphatic heterocycles. The van der Waals surface area contributed by atoms with Crippen LogP contribution in [0, 0.1) is 13.8 Å². The minimum Gasteiger partial charge on any atom is -0.336 e. The molecule has 0 aliphatic rings. The highest BCUT2D eigenvalue weighted by molar-refractivity contribution is 7.99. The van der Waals surface area contributed by atoms with Gasteiger partial charge in [-0.15, -0.1) is 11.8 Å². The third kappa shape index (κ3) is 6.63. The van der Waals surface area contributed by atoms with Gasteiger partial charge in [-0.1, -0.05) is 47.5 Å². The predicted octanol–water partition coefficient (Wildman–Crippen LogP) is 3.63. The lowest BCUT2D eigenvalue weighted by Crippen LogP contribution is -2.35. The first kappa shape index (κ1) is 19.1. The van der Waals surface area contributed by atoms with Crippen molar-refractivity contribution in [2.75, 3.05) is 24.7 Å². The molecule has 25 heavy (non-hydrogen) atoms. The van der Waals surface area contributed by atoms with E-state index in [4.69, 9.17) is 0 Å². The number of aryl methyl sites for hydroxylation is 2. The first-order chi connectivity index (χ1) is 11.9. The Hall–Kier alpha value is -2.27. The van der Waals surface area contributed by atoms with Gasteiger partial charge in [0, 0.05) is 18.5 Å². The first-order valence-electron chi connectivity index (χ1n) is 8.18. The molecule has 4 nitrogen and oxygen atoms in total. The molecular formula is C20H24N2O2S. The number of hydrogen-bond acceptors (Lipinski definition) is 3. The van der Waals surface area contributed by atoms with Crippen LogP contribution in [0.15, 0.2) is 48.5 Å². The first-order valence-corrected chi connectivity index (χ1v) is 9.33. The summed E-state index contributed by atoms with van der Waals surface area (Å²) in [6.07, 6.45) is 0. The molecule has 0 radical (unpaired) electrons. The fourth-order valence-corrected chi connectivity index (χ4v) is 3.12. The number of likely N-dealkylation sites (N-methyl/N-ethyl adjacent to an activating group) is 1. The third-order valence-corrected chi connectivity index (χ3v) is 4.75. The van der Waals surface area contributed by atoms with E-state index in [-0.39, 0.29) is 18.4 Å². The molecule has 0 saturated carbocycles. The van der Waals surface area contributed by atoms with Crippen molar-refractivity contribution in [3.63, 3.8) is 0 Å². The number of carbonyl (C=O) groups is 2. The molecule has 0 aliphatic carbocycles. The van der Waals surface area contributed by atoms with E-state index in [2.05, 4.69) is 36.5 Å². The van der Waals surface area contributed by atoms with Crippen molar-refractivity contribution in [1.29, 1.82) is 0 Å². The molecule has 0 aromatic heterocycles. The van der Waals surface area contributed by atoms with Gasteiger partial charge in [0.2, 0.25) is 11.8 Å². The highest BCUT2D eigenvalue weighted by atomic mass is 32.2. The van der Waals surface area contributed by atoms with E-state index in [0.29, 0.717) is 5.75 Å². The van der Waals surface area contributed by atoms with Crippen molar-refractivity contribution >= 4 is 29.3 Å². The van der Waals surface area contributed by atoms with E-state index in [0.717, 1.165) is 17.0 Å². The summed E-state index contributed by atoms with van der Waals surface area (Å²) in [4.78, 5) is 25.6. The van der Waals surface area contributed by atoms with Crippen LogP contribution in [0.2, 0.25) is 0 Å². The van der Waals surface area contributed by atoms with E-state index in [1.807, 2.05) is 31.2 Å². The maximum Gasteiger partial charge on any atom is 0.243 e. The van der Waals surface area contributed by atoms with Crippen LogP contribution < -0.4 is 5.32 Å². The molecule has 2 aromatic carbocycles. The van der Waals surface area contributed by atoms with Crippen molar-refractivity contribution < 1.29 is 9.59 Å². The van der Waals surface area contributed by atoms with Gasteiger partial charge in [-0.25, -0.2) is 0 Å². The van der Waals surface area contributed by atoms with Gasteiger partial charge in [0.25, 0.3) is 0 Å². The van der Waals surface area contributed by atoms with Crippen LogP contribution in [0.5, 0.6) is 0 Å². The number of hydrogen-bond donors (Lipinski definition) is 1. The minimum atomic E-state index is -0.191. The van der Waals surface area contributed by atoms with Crippen molar-refractivity contribution in [3.05, 3.63) is 65.2 Å². The summed E-state index contributed by atoms with van der Waals surface area (Å²) in [6, 6.07) is 15.9.